The van der Waals surface area contributed by atoms with Crippen LogP contribution in [0.3, 0.4) is 0 Å². The fourth-order valence-electron chi connectivity index (χ4n) is 2.99. The summed E-state index contributed by atoms with van der Waals surface area (Å²) in [6.45, 7) is 0. The van der Waals surface area contributed by atoms with Gasteiger partial charge in [0.2, 0.25) is 12.1 Å². The molecule has 2 aromatic rings. The lowest BCUT2D eigenvalue weighted by molar-refractivity contribution is -0.384. The Kier molecular flexibility index (Phi) is 5.70. The van der Waals surface area contributed by atoms with E-state index >= 15 is 0 Å². The second-order valence-corrected chi connectivity index (χ2v) is 7.65. The molecule has 15 heteroatoms. The van der Waals surface area contributed by atoms with E-state index < -0.39 is 40.6 Å². The number of carbonyl (C=O) groups is 4. The molecule has 33 heavy (non-hydrogen) atoms. The van der Waals surface area contributed by atoms with Crippen LogP contribution in [-0.2, 0) is 19.2 Å². The standard InChI is InChI=1S/C18H13BrN8O6/c19-9-1-3-10(4-2-9)25-17(30)13(15(28)22-25)20-24-21-14-16(29)23-26(18(14)31)11-5-7-12(8-6-11)27(32)33/h1-8,13-14H,(H,20,21)(H,22,28)(H,23,29). The number of rotatable bonds is 6. The summed E-state index contributed by atoms with van der Waals surface area (Å²) in [5.41, 5.74) is 7.32. The Labute approximate surface area is 192 Å². The molecule has 2 unspecified atom stereocenters. The zero-order valence-corrected chi connectivity index (χ0v) is 17.9. The van der Waals surface area contributed by atoms with Crippen molar-refractivity contribution >= 4 is 56.6 Å². The normalized spacial score (nSPS) is 20.4. The highest BCUT2D eigenvalue weighted by Gasteiger charge is 2.42. The Hall–Kier alpha value is -4.40. The van der Waals surface area contributed by atoms with Crippen molar-refractivity contribution in [2.24, 2.45) is 10.3 Å². The molecule has 2 saturated heterocycles. The van der Waals surface area contributed by atoms with Gasteiger partial charge >= 0.3 is 0 Å². The van der Waals surface area contributed by atoms with Gasteiger partial charge in [0.05, 0.1) is 16.3 Å². The molecule has 0 aromatic heterocycles. The Balaban J connectivity index is 1.41. The van der Waals surface area contributed by atoms with E-state index in [0.717, 1.165) is 14.5 Å². The van der Waals surface area contributed by atoms with Crippen LogP contribution in [-0.4, -0.2) is 40.6 Å². The Bertz CT molecular complexity index is 1190. The molecule has 14 nitrogen and oxygen atoms in total. The molecule has 2 heterocycles. The van der Waals surface area contributed by atoms with Gasteiger partial charge in [-0.3, -0.25) is 45.6 Å². The largest absolute Gasteiger partial charge is 0.282 e. The van der Waals surface area contributed by atoms with Crippen molar-refractivity contribution in [3.05, 3.63) is 63.1 Å². The van der Waals surface area contributed by atoms with Crippen LogP contribution in [0.1, 0.15) is 0 Å². The number of nitrogens with one attached hydrogen (secondary N) is 3. The fraction of sp³-hybridized carbons (Fsp3) is 0.111. The van der Waals surface area contributed by atoms with E-state index in [-0.39, 0.29) is 11.4 Å². The van der Waals surface area contributed by atoms with E-state index in [1.54, 1.807) is 24.3 Å². The first-order chi connectivity index (χ1) is 15.8. The van der Waals surface area contributed by atoms with Crippen molar-refractivity contribution in [2.45, 2.75) is 12.1 Å². The zero-order valence-electron chi connectivity index (χ0n) is 16.3. The number of nitrogens with zero attached hydrogens (tertiary/aromatic N) is 5. The minimum Gasteiger partial charge on any atom is -0.270 e. The van der Waals surface area contributed by atoms with E-state index in [9.17, 15) is 29.3 Å². The topological polar surface area (TPSA) is 179 Å². The second-order valence-electron chi connectivity index (χ2n) is 6.73. The van der Waals surface area contributed by atoms with Gasteiger partial charge in [-0.2, -0.15) is 0 Å². The smallest absolute Gasteiger partial charge is 0.270 e. The number of hydrogen-bond donors (Lipinski definition) is 3. The molecule has 0 bridgehead atoms. The Morgan fingerprint density at radius 2 is 1.42 bits per heavy atom. The van der Waals surface area contributed by atoms with Crippen LogP contribution in [0.5, 0.6) is 0 Å². The van der Waals surface area contributed by atoms with Crippen LogP contribution < -0.4 is 26.3 Å². The molecule has 2 aliphatic heterocycles. The van der Waals surface area contributed by atoms with Gasteiger partial charge in [0, 0.05) is 16.6 Å². The number of non-ortho nitro benzene ring substituents is 1. The average molecular weight is 517 g/mol. The van der Waals surface area contributed by atoms with Crippen molar-refractivity contribution in [2.75, 3.05) is 10.0 Å². The molecule has 4 rings (SSSR count). The molecular weight excluding hydrogens is 504 g/mol. The van der Waals surface area contributed by atoms with Crippen LogP contribution in [0.15, 0.2) is 63.3 Å². The number of benzene rings is 2. The maximum atomic E-state index is 12.5. The highest BCUT2D eigenvalue weighted by molar-refractivity contribution is 9.10. The van der Waals surface area contributed by atoms with Gasteiger partial charge in [0.1, 0.15) is 0 Å². The minimum atomic E-state index is -1.51. The molecule has 0 radical (unpaired) electrons. The van der Waals surface area contributed by atoms with E-state index in [1.807, 2.05) is 0 Å². The average Bonchev–Trinajstić information content (AvgIpc) is 3.24. The highest BCUT2D eigenvalue weighted by atomic mass is 79.9. The van der Waals surface area contributed by atoms with Crippen molar-refractivity contribution in [3.63, 3.8) is 0 Å². The SMILES string of the molecule is O=C1NN(c2ccc(Br)cc2)C(=O)C1N=NNC1C(=O)NN(c2ccc([N+](=O)[O-])cc2)C1=O. The number of nitro groups is 1. The molecule has 0 aliphatic carbocycles. The van der Waals surface area contributed by atoms with Crippen LogP contribution >= 0.6 is 15.9 Å². The summed E-state index contributed by atoms with van der Waals surface area (Å²) in [5.74, 6) is -2.95. The lowest BCUT2D eigenvalue weighted by atomic mass is 10.2. The third-order valence-corrected chi connectivity index (χ3v) is 5.17. The summed E-state index contributed by atoms with van der Waals surface area (Å²) >= 11 is 3.27. The van der Waals surface area contributed by atoms with E-state index in [4.69, 9.17) is 0 Å². The molecule has 0 spiro atoms. The van der Waals surface area contributed by atoms with E-state index in [0.29, 0.717) is 5.69 Å². The molecule has 2 aliphatic rings. The van der Waals surface area contributed by atoms with Crippen molar-refractivity contribution in [1.29, 1.82) is 0 Å². The summed E-state index contributed by atoms with van der Waals surface area (Å²) in [4.78, 5) is 59.5. The van der Waals surface area contributed by atoms with E-state index in [1.165, 1.54) is 24.3 Å². The molecular formula is C18H13BrN8O6. The van der Waals surface area contributed by atoms with Gasteiger partial charge in [-0.15, -0.1) is 5.11 Å². The fourth-order valence-corrected chi connectivity index (χ4v) is 3.26. The third-order valence-electron chi connectivity index (χ3n) is 4.64. The summed E-state index contributed by atoms with van der Waals surface area (Å²) in [7, 11) is 0. The number of nitro benzene ring substituents is 1. The molecule has 2 aromatic carbocycles. The van der Waals surface area contributed by atoms with Crippen molar-refractivity contribution in [1.82, 2.24) is 16.3 Å². The molecule has 3 N–H and O–H groups in total. The van der Waals surface area contributed by atoms with E-state index in [2.05, 4.69) is 42.5 Å². The summed E-state index contributed by atoms with van der Waals surface area (Å²) < 4.78 is 0.784. The lowest BCUT2D eigenvalue weighted by Crippen LogP contribution is -2.38. The van der Waals surface area contributed by atoms with Crippen LogP contribution in [0.25, 0.3) is 0 Å². The lowest BCUT2D eigenvalue weighted by Gasteiger charge is -2.14. The number of anilines is 2. The van der Waals surface area contributed by atoms with Crippen LogP contribution in [0.2, 0.25) is 0 Å². The van der Waals surface area contributed by atoms with Crippen LogP contribution in [0.4, 0.5) is 17.1 Å². The molecule has 2 atom stereocenters. The first kappa shape index (κ1) is 21.8. The van der Waals surface area contributed by atoms with Crippen molar-refractivity contribution in [3.8, 4) is 0 Å². The number of hydrogen-bond acceptors (Lipinski definition) is 8. The molecule has 4 amide bonds. The zero-order chi connectivity index (χ0) is 23.7. The van der Waals surface area contributed by atoms with Crippen LogP contribution in [0, 0.1) is 10.1 Å². The first-order valence-corrected chi connectivity index (χ1v) is 10.00. The maximum absolute atomic E-state index is 12.5. The van der Waals surface area contributed by atoms with Gasteiger partial charge in [0.25, 0.3) is 29.3 Å². The monoisotopic (exact) mass is 516 g/mol. The third kappa shape index (κ3) is 4.20. The summed E-state index contributed by atoms with van der Waals surface area (Å²) in [5, 5.41) is 19.8. The Morgan fingerprint density at radius 3 is 2.03 bits per heavy atom. The number of amides is 4. The van der Waals surface area contributed by atoms with Gasteiger partial charge < -0.3 is 0 Å². The number of hydrazine groups is 2. The number of halogens is 1. The maximum Gasteiger partial charge on any atom is 0.282 e. The Morgan fingerprint density at radius 1 is 0.879 bits per heavy atom. The molecule has 2 fully saturated rings. The van der Waals surface area contributed by atoms with Crippen molar-refractivity contribution < 1.29 is 24.1 Å². The summed E-state index contributed by atoms with van der Waals surface area (Å²) in [6, 6.07) is 8.53. The highest BCUT2D eigenvalue weighted by Crippen LogP contribution is 2.22. The quantitative estimate of drug-likeness (QED) is 0.216. The number of carbonyl (C=O) groups excluding carboxylic acids is 4. The first-order valence-electron chi connectivity index (χ1n) is 9.20. The minimum absolute atomic E-state index is 0.183. The van der Waals surface area contributed by atoms with Gasteiger partial charge in [0.15, 0.2) is 0 Å². The predicted molar refractivity (Wildman–Crippen MR) is 114 cm³/mol. The summed E-state index contributed by atoms with van der Waals surface area (Å²) in [6.07, 6.45) is 0. The molecule has 0 saturated carbocycles. The predicted octanol–water partition coefficient (Wildman–Crippen LogP) is 0.507. The second kappa shape index (κ2) is 8.62. The van der Waals surface area contributed by atoms with Gasteiger partial charge in [-0.05, 0) is 36.4 Å². The van der Waals surface area contributed by atoms with Gasteiger partial charge in [-0.25, -0.2) is 10.0 Å². The molecule has 168 valence electrons. The van der Waals surface area contributed by atoms with Gasteiger partial charge in [-0.1, -0.05) is 21.2 Å².